The number of nitrogens with two attached hydrogens (primary N) is 1. The van der Waals surface area contributed by atoms with Crippen LogP contribution in [0.15, 0.2) is 18.2 Å². The molecule has 0 fully saturated rings. The fourth-order valence-electron chi connectivity index (χ4n) is 1.78. The van der Waals surface area contributed by atoms with E-state index in [1.165, 1.54) is 12.1 Å². The van der Waals surface area contributed by atoms with Crippen LogP contribution in [0.5, 0.6) is 0 Å². The lowest BCUT2D eigenvalue weighted by Crippen LogP contribution is -2.09. The van der Waals surface area contributed by atoms with E-state index < -0.39 is 11.6 Å². The van der Waals surface area contributed by atoms with Crippen LogP contribution in [0.4, 0.5) is 14.6 Å². The van der Waals surface area contributed by atoms with Crippen LogP contribution in [-0.2, 0) is 13.0 Å². The molecule has 18 heavy (non-hydrogen) atoms. The average Bonchev–Trinajstić information content (AvgIpc) is 2.66. The Morgan fingerprint density at radius 3 is 2.78 bits per heavy atom. The Morgan fingerprint density at radius 2 is 2.11 bits per heavy atom. The van der Waals surface area contributed by atoms with Crippen molar-refractivity contribution in [3.05, 3.63) is 41.1 Å². The maximum Gasteiger partial charge on any atom is 0.169 e. The van der Waals surface area contributed by atoms with Gasteiger partial charge in [0.05, 0.1) is 12.2 Å². The second-order valence-corrected chi connectivity index (χ2v) is 4.06. The highest BCUT2D eigenvalue weighted by Crippen LogP contribution is 2.15. The maximum atomic E-state index is 13.5. The van der Waals surface area contributed by atoms with Gasteiger partial charge in [0.25, 0.3) is 0 Å². The average molecular weight is 252 g/mol. The van der Waals surface area contributed by atoms with E-state index in [0.29, 0.717) is 11.4 Å². The molecule has 1 aromatic heterocycles. The summed E-state index contributed by atoms with van der Waals surface area (Å²) < 4.78 is 27.9. The number of benzene rings is 1. The minimum absolute atomic E-state index is 0.200. The predicted molar refractivity (Wildman–Crippen MR) is 63.9 cm³/mol. The monoisotopic (exact) mass is 252 g/mol. The maximum absolute atomic E-state index is 13.5. The quantitative estimate of drug-likeness (QED) is 0.907. The zero-order chi connectivity index (χ0) is 13.1. The van der Waals surface area contributed by atoms with Gasteiger partial charge in [0.2, 0.25) is 0 Å². The van der Waals surface area contributed by atoms with E-state index in [9.17, 15) is 8.78 Å². The summed E-state index contributed by atoms with van der Waals surface area (Å²) in [6, 6.07) is 3.48. The van der Waals surface area contributed by atoms with Gasteiger partial charge in [-0.2, -0.15) is 0 Å². The van der Waals surface area contributed by atoms with Gasteiger partial charge in [-0.15, -0.1) is 5.10 Å². The lowest BCUT2D eigenvalue weighted by atomic mass is 10.2. The highest BCUT2D eigenvalue weighted by atomic mass is 19.1. The van der Waals surface area contributed by atoms with Gasteiger partial charge in [-0.25, -0.2) is 13.5 Å². The third-order valence-corrected chi connectivity index (χ3v) is 2.69. The number of hydrogen-bond acceptors (Lipinski definition) is 3. The molecule has 6 heteroatoms. The van der Waals surface area contributed by atoms with Crippen LogP contribution in [0.1, 0.15) is 24.6 Å². The topological polar surface area (TPSA) is 56.7 Å². The molecule has 2 N–H and O–H groups in total. The molecule has 0 aliphatic carbocycles. The van der Waals surface area contributed by atoms with E-state index in [1.54, 1.807) is 4.68 Å². The van der Waals surface area contributed by atoms with Crippen LogP contribution in [-0.4, -0.2) is 15.0 Å². The summed E-state index contributed by atoms with van der Waals surface area (Å²) in [6.45, 7) is 2.21. The molecule has 0 aliphatic rings. The molecule has 0 radical (unpaired) electrons. The number of nitrogen functional groups attached to an aromatic ring is 1. The van der Waals surface area contributed by atoms with Crippen molar-refractivity contribution < 1.29 is 8.78 Å². The summed E-state index contributed by atoms with van der Waals surface area (Å²) >= 11 is 0. The van der Waals surface area contributed by atoms with Crippen LogP contribution in [0.3, 0.4) is 0 Å². The molecule has 0 saturated heterocycles. The first-order valence-electron chi connectivity index (χ1n) is 5.73. The summed E-state index contributed by atoms with van der Waals surface area (Å²) in [7, 11) is 0. The minimum Gasteiger partial charge on any atom is -0.381 e. The Kier molecular flexibility index (Phi) is 3.55. The fourth-order valence-corrected chi connectivity index (χ4v) is 1.78. The smallest absolute Gasteiger partial charge is 0.169 e. The summed E-state index contributed by atoms with van der Waals surface area (Å²) in [5, 5.41) is 7.65. The van der Waals surface area contributed by atoms with Crippen molar-refractivity contribution in [2.75, 3.05) is 5.73 Å². The van der Waals surface area contributed by atoms with Crippen LogP contribution < -0.4 is 5.73 Å². The lowest BCUT2D eigenvalue weighted by Gasteiger charge is -2.07. The minimum atomic E-state index is -0.594. The number of anilines is 1. The van der Waals surface area contributed by atoms with Crippen LogP contribution in [0.25, 0.3) is 0 Å². The first-order valence-corrected chi connectivity index (χ1v) is 5.73. The van der Waals surface area contributed by atoms with Gasteiger partial charge < -0.3 is 5.73 Å². The molecule has 0 spiro atoms. The van der Waals surface area contributed by atoms with Crippen molar-refractivity contribution >= 4 is 5.82 Å². The molecule has 0 bridgehead atoms. The van der Waals surface area contributed by atoms with Gasteiger partial charge in [-0.05, 0) is 12.5 Å². The third kappa shape index (κ3) is 2.47. The summed E-state index contributed by atoms with van der Waals surface area (Å²) in [6.07, 6.45) is 1.62. The molecular weight excluding hydrogens is 238 g/mol. The van der Waals surface area contributed by atoms with Crippen molar-refractivity contribution in [3.8, 4) is 0 Å². The Bertz CT molecular complexity index is 551. The highest BCUT2D eigenvalue weighted by Gasteiger charge is 2.11. The SMILES string of the molecule is CCCc1c(N)nnn1Cc1ccc(F)cc1F. The van der Waals surface area contributed by atoms with Gasteiger partial charge in [0, 0.05) is 11.6 Å². The van der Waals surface area contributed by atoms with Crippen molar-refractivity contribution in [1.29, 1.82) is 0 Å². The largest absolute Gasteiger partial charge is 0.381 e. The van der Waals surface area contributed by atoms with Gasteiger partial charge in [-0.3, -0.25) is 0 Å². The molecule has 0 unspecified atom stereocenters. The Morgan fingerprint density at radius 1 is 1.33 bits per heavy atom. The lowest BCUT2D eigenvalue weighted by molar-refractivity contribution is 0.546. The fraction of sp³-hybridized carbons (Fsp3) is 0.333. The molecule has 0 atom stereocenters. The van der Waals surface area contributed by atoms with Crippen molar-refractivity contribution in [2.24, 2.45) is 0 Å². The number of halogens is 2. The first kappa shape index (κ1) is 12.5. The highest BCUT2D eigenvalue weighted by molar-refractivity contribution is 5.33. The summed E-state index contributed by atoms with van der Waals surface area (Å²) in [4.78, 5) is 0. The van der Waals surface area contributed by atoms with Gasteiger partial charge in [0.15, 0.2) is 5.82 Å². The normalized spacial score (nSPS) is 10.8. The molecule has 1 aromatic carbocycles. The number of rotatable bonds is 4. The zero-order valence-electron chi connectivity index (χ0n) is 10.0. The molecule has 96 valence electrons. The Labute approximate surface area is 103 Å². The number of nitrogens with zero attached hydrogens (tertiary/aromatic N) is 3. The number of hydrogen-bond donors (Lipinski definition) is 1. The van der Waals surface area contributed by atoms with Gasteiger partial charge >= 0.3 is 0 Å². The molecule has 2 aromatic rings. The summed E-state index contributed by atoms with van der Waals surface area (Å²) in [5.41, 5.74) is 6.83. The second-order valence-electron chi connectivity index (χ2n) is 4.06. The summed E-state index contributed by atoms with van der Waals surface area (Å²) in [5.74, 6) is -0.825. The van der Waals surface area contributed by atoms with Crippen molar-refractivity contribution in [3.63, 3.8) is 0 Å². The van der Waals surface area contributed by atoms with E-state index in [1.807, 2.05) is 6.92 Å². The predicted octanol–water partition coefficient (Wildman–Crippen LogP) is 2.14. The second kappa shape index (κ2) is 5.12. The van der Waals surface area contributed by atoms with Crippen LogP contribution >= 0.6 is 0 Å². The van der Waals surface area contributed by atoms with E-state index in [2.05, 4.69) is 10.3 Å². The van der Waals surface area contributed by atoms with Crippen molar-refractivity contribution in [2.45, 2.75) is 26.3 Å². The standard InChI is InChI=1S/C12H14F2N4/c1-2-3-11-12(15)16-17-18(11)7-8-4-5-9(13)6-10(8)14/h4-6H,2-3,7,15H2,1H3. The molecule has 0 amide bonds. The molecule has 1 heterocycles. The molecule has 4 nitrogen and oxygen atoms in total. The molecule has 0 aliphatic heterocycles. The Balaban J connectivity index is 2.28. The van der Waals surface area contributed by atoms with Gasteiger partial charge in [0.1, 0.15) is 11.6 Å². The van der Waals surface area contributed by atoms with E-state index in [0.717, 1.165) is 24.6 Å². The first-order chi connectivity index (χ1) is 8.61. The molecule has 0 saturated carbocycles. The number of aromatic nitrogens is 3. The van der Waals surface area contributed by atoms with Crippen molar-refractivity contribution in [1.82, 2.24) is 15.0 Å². The Hall–Kier alpha value is -1.98. The van der Waals surface area contributed by atoms with Crippen LogP contribution in [0, 0.1) is 11.6 Å². The van der Waals surface area contributed by atoms with E-state index in [-0.39, 0.29) is 6.54 Å². The van der Waals surface area contributed by atoms with E-state index >= 15 is 0 Å². The zero-order valence-corrected chi connectivity index (χ0v) is 10.0. The molecule has 2 rings (SSSR count). The van der Waals surface area contributed by atoms with Gasteiger partial charge in [-0.1, -0.05) is 24.6 Å². The molecular formula is C12H14F2N4. The van der Waals surface area contributed by atoms with Crippen LogP contribution in [0.2, 0.25) is 0 Å². The van der Waals surface area contributed by atoms with E-state index in [4.69, 9.17) is 5.73 Å². The third-order valence-electron chi connectivity index (χ3n) is 2.69.